The second kappa shape index (κ2) is 5.16. The van der Waals surface area contributed by atoms with Crippen LogP contribution in [0.25, 0.3) is 0 Å². The van der Waals surface area contributed by atoms with Gasteiger partial charge in [0.25, 0.3) is 10.0 Å². The van der Waals surface area contributed by atoms with Crippen LogP contribution in [0.1, 0.15) is 12.8 Å². The summed E-state index contributed by atoms with van der Waals surface area (Å²) in [4.78, 5) is 0. The highest BCUT2D eigenvalue weighted by atomic mass is 35.5. The number of aryl methyl sites for hydroxylation is 1. The topological polar surface area (TPSA) is 75.4 Å². The van der Waals surface area contributed by atoms with Gasteiger partial charge in [-0.1, -0.05) is 11.6 Å². The monoisotopic (exact) mass is 293 g/mol. The average molecular weight is 294 g/mol. The quantitative estimate of drug-likeness (QED) is 0.879. The van der Waals surface area contributed by atoms with Crippen LogP contribution >= 0.6 is 11.6 Å². The minimum absolute atomic E-state index is 0.000489. The van der Waals surface area contributed by atoms with Gasteiger partial charge in [-0.05, 0) is 18.8 Å². The fraction of sp³-hybridized carbons (Fsp3) is 0.700. The van der Waals surface area contributed by atoms with Gasteiger partial charge in [0, 0.05) is 26.7 Å². The number of piperidine rings is 1. The van der Waals surface area contributed by atoms with Crippen molar-refractivity contribution < 1.29 is 13.5 Å². The summed E-state index contributed by atoms with van der Waals surface area (Å²) in [6, 6.07) is 0. The van der Waals surface area contributed by atoms with Gasteiger partial charge < -0.3 is 5.11 Å². The molecule has 1 unspecified atom stereocenters. The number of aliphatic hydroxyl groups excluding tert-OH is 1. The first-order valence-corrected chi connectivity index (χ1v) is 7.57. The summed E-state index contributed by atoms with van der Waals surface area (Å²) in [7, 11) is -2.08. The van der Waals surface area contributed by atoms with Gasteiger partial charge in [0.15, 0.2) is 5.03 Å². The van der Waals surface area contributed by atoms with Gasteiger partial charge in [-0.15, -0.1) is 0 Å². The van der Waals surface area contributed by atoms with Gasteiger partial charge in [0.2, 0.25) is 0 Å². The van der Waals surface area contributed by atoms with Crippen LogP contribution in [0.2, 0.25) is 5.02 Å². The van der Waals surface area contributed by atoms with Crippen LogP contribution in [0.4, 0.5) is 0 Å². The van der Waals surface area contributed by atoms with E-state index < -0.39 is 10.0 Å². The van der Waals surface area contributed by atoms with E-state index in [1.54, 1.807) is 7.05 Å². The van der Waals surface area contributed by atoms with Crippen molar-refractivity contribution in [2.75, 3.05) is 19.7 Å². The summed E-state index contributed by atoms with van der Waals surface area (Å²) in [5.74, 6) is 0.000489. The van der Waals surface area contributed by atoms with Gasteiger partial charge in [-0.25, -0.2) is 8.42 Å². The molecule has 2 heterocycles. The van der Waals surface area contributed by atoms with Crippen molar-refractivity contribution in [3.05, 3.63) is 11.2 Å². The molecular formula is C10H16ClN3O3S. The van der Waals surface area contributed by atoms with Gasteiger partial charge >= 0.3 is 0 Å². The highest BCUT2D eigenvalue weighted by molar-refractivity contribution is 7.89. The predicted molar refractivity (Wildman–Crippen MR) is 66.8 cm³/mol. The third kappa shape index (κ3) is 2.40. The van der Waals surface area contributed by atoms with E-state index in [2.05, 4.69) is 5.10 Å². The fourth-order valence-corrected chi connectivity index (χ4v) is 4.37. The van der Waals surface area contributed by atoms with E-state index in [0.717, 1.165) is 12.8 Å². The molecule has 1 aromatic heterocycles. The summed E-state index contributed by atoms with van der Waals surface area (Å²) in [5, 5.41) is 13.1. The number of hydrogen-bond donors (Lipinski definition) is 1. The number of halogens is 1. The summed E-state index contributed by atoms with van der Waals surface area (Å²) in [5.41, 5.74) is 0. The zero-order valence-corrected chi connectivity index (χ0v) is 11.7. The Bertz CT molecular complexity index is 509. The van der Waals surface area contributed by atoms with E-state index in [9.17, 15) is 8.42 Å². The van der Waals surface area contributed by atoms with E-state index >= 15 is 0 Å². The molecule has 0 saturated carbocycles. The van der Waals surface area contributed by atoms with Gasteiger partial charge in [-0.3, -0.25) is 4.68 Å². The number of nitrogens with zero attached hydrogens (tertiary/aromatic N) is 3. The molecule has 6 nitrogen and oxygen atoms in total. The van der Waals surface area contributed by atoms with Gasteiger partial charge in [-0.2, -0.15) is 9.40 Å². The Morgan fingerprint density at radius 1 is 1.61 bits per heavy atom. The van der Waals surface area contributed by atoms with Crippen molar-refractivity contribution >= 4 is 21.6 Å². The van der Waals surface area contributed by atoms with Crippen LogP contribution in [-0.2, 0) is 17.1 Å². The van der Waals surface area contributed by atoms with Crippen LogP contribution in [0.3, 0.4) is 0 Å². The van der Waals surface area contributed by atoms with E-state index in [1.165, 1.54) is 15.2 Å². The van der Waals surface area contributed by atoms with E-state index in [-0.39, 0.29) is 22.6 Å². The molecule has 2 rings (SSSR count). The van der Waals surface area contributed by atoms with Crippen molar-refractivity contribution in [1.29, 1.82) is 0 Å². The number of rotatable bonds is 3. The summed E-state index contributed by atoms with van der Waals surface area (Å²) < 4.78 is 27.5. The first-order valence-electron chi connectivity index (χ1n) is 5.75. The molecule has 0 aromatic carbocycles. The third-order valence-electron chi connectivity index (χ3n) is 3.17. The van der Waals surface area contributed by atoms with Crippen LogP contribution < -0.4 is 0 Å². The van der Waals surface area contributed by atoms with Crippen molar-refractivity contribution in [3.63, 3.8) is 0 Å². The molecule has 0 amide bonds. The van der Waals surface area contributed by atoms with E-state index in [4.69, 9.17) is 16.7 Å². The molecule has 1 aliphatic rings. The maximum atomic E-state index is 12.5. The lowest BCUT2D eigenvalue weighted by atomic mass is 10.0. The molecular weight excluding hydrogens is 278 g/mol. The van der Waals surface area contributed by atoms with Gasteiger partial charge in [0.05, 0.1) is 11.2 Å². The molecule has 1 saturated heterocycles. The summed E-state index contributed by atoms with van der Waals surface area (Å²) in [6.07, 6.45) is 2.92. The Morgan fingerprint density at radius 2 is 2.33 bits per heavy atom. The Kier molecular flexibility index (Phi) is 3.96. The average Bonchev–Trinajstić information content (AvgIpc) is 2.69. The molecule has 8 heteroatoms. The number of aliphatic hydroxyl groups is 1. The summed E-state index contributed by atoms with van der Waals surface area (Å²) in [6.45, 7) is 0.797. The highest BCUT2D eigenvalue weighted by Gasteiger charge is 2.33. The Morgan fingerprint density at radius 3 is 2.89 bits per heavy atom. The lowest BCUT2D eigenvalue weighted by molar-refractivity contribution is 0.165. The molecule has 0 spiro atoms. The highest BCUT2D eigenvalue weighted by Crippen LogP contribution is 2.27. The summed E-state index contributed by atoms with van der Waals surface area (Å²) >= 11 is 5.88. The molecule has 18 heavy (non-hydrogen) atoms. The molecule has 1 N–H and O–H groups in total. The Hall–Kier alpha value is -0.630. The number of sulfonamides is 1. The zero-order valence-electron chi connectivity index (χ0n) is 10.1. The maximum Gasteiger partial charge on any atom is 0.261 e. The first kappa shape index (κ1) is 13.8. The number of hydrogen-bond acceptors (Lipinski definition) is 4. The van der Waals surface area contributed by atoms with E-state index in [1.807, 2.05) is 0 Å². The van der Waals surface area contributed by atoms with Crippen molar-refractivity contribution in [3.8, 4) is 0 Å². The Balaban J connectivity index is 2.31. The predicted octanol–water partition coefficient (Wildman–Crippen LogP) is 0.467. The van der Waals surface area contributed by atoms with Crippen LogP contribution in [-0.4, -0.2) is 47.3 Å². The second-order valence-corrected chi connectivity index (χ2v) is 6.74. The first-order chi connectivity index (χ1) is 8.46. The SMILES string of the molecule is Cn1ncc(Cl)c1S(=O)(=O)N1CCCC(CO)C1. The molecule has 1 aromatic rings. The molecule has 0 aliphatic carbocycles. The van der Waals surface area contributed by atoms with Gasteiger partial charge in [0.1, 0.15) is 0 Å². The fourth-order valence-electron chi connectivity index (χ4n) is 2.21. The van der Waals surface area contributed by atoms with Crippen molar-refractivity contribution in [1.82, 2.24) is 14.1 Å². The largest absolute Gasteiger partial charge is 0.396 e. The molecule has 1 fully saturated rings. The molecule has 102 valence electrons. The lowest BCUT2D eigenvalue weighted by Gasteiger charge is -2.30. The lowest BCUT2D eigenvalue weighted by Crippen LogP contribution is -2.41. The zero-order chi connectivity index (χ0) is 13.3. The van der Waals surface area contributed by atoms with Crippen molar-refractivity contribution in [2.24, 2.45) is 13.0 Å². The Labute approximate surface area is 111 Å². The van der Waals surface area contributed by atoms with Crippen LogP contribution in [0.15, 0.2) is 11.2 Å². The van der Waals surface area contributed by atoms with E-state index in [0.29, 0.717) is 13.1 Å². The minimum Gasteiger partial charge on any atom is -0.396 e. The standard InChI is InChI=1S/C10H16ClN3O3S/c1-13-10(9(11)5-12-13)18(16,17)14-4-2-3-8(6-14)7-15/h5,8,15H,2-4,6-7H2,1H3. The molecule has 1 atom stereocenters. The van der Waals surface area contributed by atoms with Crippen molar-refractivity contribution in [2.45, 2.75) is 17.9 Å². The van der Waals surface area contributed by atoms with Crippen LogP contribution in [0, 0.1) is 5.92 Å². The van der Waals surface area contributed by atoms with Crippen LogP contribution in [0.5, 0.6) is 0 Å². The smallest absolute Gasteiger partial charge is 0.261 e. The number of aromatic nitrogens is 2. The normalized spacial score (nSPS) is 22.3. The third-order valence-corrected chi connectivity index (χ3v) is 5.54. The maximum absolute atomic E-state index is 12.5. The minimum atomic E-state index is -3.63. The molecule has 0 radical (unpaired) electrons. The molecule has 0 bridgehead atoms. The second-order valence-electron chi connectivity index (χ2n) is 4.48. The molecule has 1 aliphatic heterocycles.